The van der Waals surface area contributed by atoms with Crippen molar-refractivity contribution in [1.82, 2.24) is 4.90 Å². The van der Waals surface area contributed by atoms with Crippen LogP contribution in [0.1, 0.15) is 41.0 Å². The van der Waals surface area contributed by atoms with E-state index in [2.05, 4.69) is 16.8 Å². The Balaban J connectivity index is 1.61. The molecular formula is C18H18N2O2S2. The predicted octanol–water partition coefficient (Wildman–Crippen LogP) is 4.16. The van der Waals surface area contributed by atoms with Crippen molar-refractivity contribution in [2.75, 3.05) is 11.9 Å². The van der Waals surface area contributed by atoms with Crippen LogP contribution in [0.15, 0.2) is 40.6 Å². The fraction of sp³-hybridized carbons (Fsp3) is 0.333. The summed E-state index contributed by atoms with van der Waals surface area (Å²) < 4.78 is 0. The van der Waals surface area contributed by atoms with Crippen LogP contribution in [0.3, 0.4) is 0 Å². The summed E-state index contributed by atoms with van der Waals surface area (Å²) in [5, 5.41) is 4.87. The Kier molecular flexibility index (Phi) is 4.10. The van der Waals surface area contributed by atoms with E-state index in [1.807, 2.05) is 36.1 Å². The van der Waals surface area contributed by atoms with Crippen LogP contribution in [0.2, 0.25) is 0 Å². The standard InChI is InChI=1S/C18H18N2O2S2/c1-11-17(21)19-13-10-12(6-7-15(13)24-11)18(22)20-8-2-4-14(20)16-5-3-9-23-16/h3,5-7,9-11,14H,2,4,8H2,1H3,(H,19,21)/t11-,14-/m0/s1. The van der Waals surface area contributed by atoms with E-state index >= 15 is 0 Å². The molecule has 0 bridgehead atoms. The van der Waals surface area contributed by atoms with E-state index in [1.165, 1.54) is 16.6 Å². The summed E-state index contributed by atoms with van der Waals surface area (Å²) in [5.41, 5.74) is 1.40. The number of benzene rings is 1. The molecule has 0 aliphatic carbocycles. The highest BCUT2D eigenvalue weighted by atomic mass is 32.2. The lowest BCUT2D eigenvalue weighted by atomic mass is 10.1. The molecule has 1 fully saturated rings. The Bertz CT molecular complexity index is 788. The molecule has 0 spiro atoms. The summed E-state index contributed by atoms with van der Waals surface area (Å²) in [6, 6.07) is 9.96. The van der Waals surface area contributed by atoms with Crippen LogP contribution < -0.4 is 5.32 Å². The molecule has 1 aromatic heterocycles. The van der Waals surface area contributed by atoms with Crippen LogP contribution >= 0.6 is 23.1 Å². The Morgan fingerprint density at radius 3 is 3.00 bits per heavy atom. The summed E-state index contributed by atoms with van der Waals surface area (Å²) in [6.07, 6.45) is 2.05. The maximum atomic E-state index is 13.0. The highest BCUT2D eigenvalue weighted by Crippen LogP contribution is 2.38. The topological polar surface area (TPSA) is 49.4 Å². The SMILES string of the molecule is C[C@@H]1Sc2ccc(C(=O)N3CCC[C@H]3c3cccs3)cc2NC1=O. The van der Waals surface area contributed by atoms with Crippen molar-refractivity contribution >= 4 is 40.6 Å². The Morgan fingerprint density at radius 1 is 1.33 bits per heavy atom. The molecule has 1 N–H and O–H groups in total. The van der Waals surface area contributed by atoms with Crippen molar-refractivity contribution in [3.8, 4) is 0 Å². The Morgan fingerprint density at radius 2 is 2.21 bits per heavy atom. The van der Waals surface area contributed by atoms with Gasteiger partial charge in [-0.15, -0.1) is 23.1 Å². The average molecular weight is 358 g/mol. The van der Waals surface area contributed by atoms with Crippen molar-refractivity contribution in [2.24, 2.45) is 0 Å². The van der Waals surface area contributed by atoms with Crippen LogP contribution in [0.4, 0.5) is 5.69 Å². The smallest absolute Gasteiger partial charge is 0.254 e. The molecule has 2 aliphatic heterocycles. The highest BCUT2D eigenvalue weighted by Gasteiger charge is 2.32. The summed E-state index contributed by atoms with van der Waals surface area (Å²) in [5.74, 6) is 0.0429. The number of likely N-dealkylation sites (tertiary alicyclic amines) is 1. The number of hydrogen-bond donors (Lipinski definition) is 1. The molecule has 24 heavy (non-hydrogen) atoms. The molecule has 124 valence electrons. The normalized spacial score (nSPS) is 23.0. The quantitative estimate of drug-likeness (QED) is 0.877. The third kappa shape index (κ3) is 2.74. The molecule has 4 rings (SSSR count). The number of amides is 2. The van der Waals surface area contributed by atoms with Gasteiger partial charge in [0, 0.05) is 21.9 Å². The summed E-state index contributed by atoms with van der Waals surface area (Å²) in [6.45, 7) is 2.68. The molecule has 0 radical (unpaired) electrons. The maximum Gasteiger partial charge on any atom is 0.254 e. The van der Waals surface area contributed by atoms with E-state index in [9.17, 15) is 9.59 Å². The minimum atomic E-state index is -0.0964. The molecule has 0 saturated carbocycles. The number of nitrogens with one attached hydrogen (secondary N) is 1. The predicted molar refractivity (Wildman–Crippen MR) is 97.7 cm³/mol. The van der Waals surface area contributed by atoms with Crippen LogP contribution in [0.5, 0.6) is 0 Å². The number of thioether (sulfide) groups is 1. The van der Waals surface area contributed by atoms with Crippen molar-refractivity contribution in [3.63, 3.8) is 0 Å². The first-order chi connectivity index (χ1) is 11.6. The number of anilines is 1. The van der Waals surface area contributed by atoms with Gasteiger partial charge in [0.15, 0.2) is 0 Å². The molecule has 6 heteroatoms. The van der Waals surface area contributed by atoms with Crippen molar-refractivity contribution in [1.29, 1.82) is 0 Å². The monoisotopic (exact) mass is 358 g/mol. The molecule has 3 heterocycles. The van der Waals surface area contributed by atoms with E-state index in [1.54, 1.807) is 11.3 Å². The molecule has 0 unspecified atom stereocenters. The minimum absolute atomic E-state index is 0.00488. The van der Waals surface area contributed by atoms with E-state index in [0.29, 0.717) is 5.56 Å². The molecule has 2 amide bonds. The fourth-order valence-corrected chi connectivity index (χ4v) is 5.10. The van der Waals surface area contributed by atoms with Gasteiger partial charge in [-0.1, -0.05) is 6.07 Å². The molecule has 1 aromatic carbocycles. The number of fused-ring (bicyclic) bond motifs is 1. The Labute approximate surface area is 149 Å². The first-order valence-corrected chi connectivity index (χ1v) is 9.85. The Hall–Kier alpha value is -1.79. The molecule has 2 aliphatic rings. The zero-order chi connectivity index (χ0) is 16.7. The third-order valence-corrected chi connectivity index (χ3v) is 6.69. The molecule has 4 nitrogen and oxygen atoms in total. The zero-order valence-corrected chi connectivity index (χ0v) is 15.0. The number of rotatable bonds is 2. The lowest BCUT2D eigenvalue weighted by Gasteiger charge is -2.26. The first-order valence-electron chi connectivity index (χ1n) is 8.09. The fourth-order valence-electron chi connectivity index (χ4n) is 3.29. The van der Waals surface area contributed by atoms with E-state index in [4.69, 9.17) is 0 Å². The number of nitrogens with zero attached hydrogens (tertiary/aromatic N) is 1. The highest BCUT2D eigenvalue weighted by molar-refractivity contribution is 8.00. The van der Waals surface area contributed by atoms with Gasteiger partial charge in [-0.3, -0.25) is 9.59 Å². The molecule has 2 atom stereocenters. The van der Waals surface area contributed by atoms with Gasteiger partial charge in [0.05, 0.1) is 17.0 Å². The number of carbonyl (C=O) groups excluding carboxylic acids is 2. The minimum Gasteiger partial charge on any atom is -0.331 e. The lowest BCUT2D eigenvalue weighted by molar-refractivity contribution is -0.115. The van der Waals surface area contributed by atoms with Crippen molar-refractivity contribution < 1.29 is 9.59 Å². The zero-order valence-electron chi connectivity index (χ0n) is 13.3. The molecule has 2 aromatic rings. The number of carbonyl (C=O) groups is 2. The molecule has 1 saturated heterocycles. The molecular weight excluding hydrogens is 340 g/mol. The van der Waals surface area contributed by atoms with Gasteiger partial charge < -0.3 is 10.2 Å². The largest absolute Gasteiger partial charge is 0.331 e. The van der Waals surface area contributed by atoms with Gasteiger partial charge in [0.2, 0.25) is 5.91 Å². The van der Waals surface area contributed by atoms with E-state index < -0.39 is 0 Å². The first kappa shape index (κ1) is 15.7. The second-order valence-corrected chi connectivity index (χ2v) is 8.49. The van der Waals surface area contributed by atoms with Crippen LogP contribution in [0.25, 0.3) is 0 Å². The summed E-state index contributed by atoms with van der Waals surface area (Å²) >= 11 is 3.24. The van der Waals surface area contributed by atoms with Crippen LogP contribution in [-0.2, 0) is 4.79 Å². The second-order valence-electron chi connectivity index (χ2n) is 6.13. The van der Waals surface area contributed by atoms with Gasteiger partial charge in [-0.2, -0.15) is 0 Å². The van der Waals surface area contributed by atoms with Crippen molar-refractivity contribution in [3.05, 3.63) is 46.2 Å². The van der Waals surface area contributed by atoms with Gasteiger partial charge >= 0.3 is 0 Å². The van der Waals surface area contributed by atoms with Gasteiger partial charge in [-0.05, 0) is 49.4 Å². The van der Waals surface area contributed by atoms with E-state index in [0.717, 1.165) is 30.0 Å². The number of hydrogen-bond acceptors (Lipinski definition) is 4. The summed E-state index contributed by atoms with van der Waals surface area (Å²) in [7, 11) is 0. The van der Waals surface area contributed by atoms with Gasteiger partial charge in [0.1, 0.15) is 0 Å². The van der Waals surface area contributed by atoms with Gasteiger partial charge in [0.25, 0.3) is 5.91 Å². The maximum absolute atomic E-state index is 13.0. The second kappa shape index (κ2) is 6.26. The van der Waals surface area contributed by atoms with E-state index in [-0.39, 0.29) is 23.1 Å². The third-order valence-electron chi connectivity index (χ3n) is 4.54. The summed E-state index contributed by atoms with van der Waals surface area (Å²) in [4.78, 5) is 29.1. The van der Waals surface area contributed by atoms with Crippen LogP contribution in [0, 0.1) is 0 Å². The van der Waals surface area contributed by atoms with Crippen molar-refractivity contribution in [2.45, 2.75) is 36.0 Å². The lowest BCUT2D eigenvalue weighted by Crippen LogP contribution is -2.31. The number of thiophene rings is 1. The average Bonchev–Trinajstić information content (AvgIpc) is 3.25. The van der Waals surface area contributed by atoms with Crippen LogP contribution in [-0.4, -0.2) is 28.5 Å². The van der Waals surface area contributed by atoms with Gasteiger partial charge in [-0.25, -0.2) is 0 Å².